The summed E-state index contributed by atoms with van der Waals surface area (Å²) in [6.45, 7) is 0. The Labute approximate surface area is 114 Å². The highest BCUT2D eigenvalue weighted by atomic mass is 16.5. The zero-order valence-corrected chi connectivity index (χ0v) is 11.3. The van der Waals surface area contributed by atoms with E-state index in [1.165, 1.54) is 38.5 Å². The molecule has 3 heteroatoms. The summed E-state index contributed by atoms with van der Waals surface area (Å²) < 4.78 is 6.41. The van der Waals surface area contributed by atoms with Crippen LogP contribution in [0, 0.1) is 17.8 Å². The Balaban J connectivity index is 1.60. The van der Waals surface area contributed by atoms with Crippen molar-refractivity contribution in [2.75, 3.05) is 11.5 Å². The molecule has 4 aliphatic carbocycles. The smallest absolute Gasteiger partial charge is 0.122 e. The average molecular weight is 258 g/mol. The van der Waals surface area contributed by atoms with E-state index in [0.29, 0.717) is 11.4 Å². The van der Waals surface area contributed by atoms with E-state index >= 15 is 0 Å². The molecule has 0 heterocycles. The van der Waals surface area contributed by atoms with Crippen LogP contribution in [-0.4, -0.2) is 5.60 Å². The van der Waals surface area contributed by atoms with Gasteiger partial charge in [-0.25, -0.2) is 0 Å². The predicted molar refractivity (Wildman–Crippen MR) is 76.8 cm³/mol. The monoisotopic (exact) mass is 258 g/mol. The van der Waals surface area contributed by atoms with Crippen molar-refractivity contribution in [3.8, 4) is 5.75 Å². The van der Waals surface area contributed by atoms with Gasteiger partial charge in [-0.15, -0.1) is 0 Å². The maximum atomic E-state index is 6.41. The van der Waals surface area contributed by atoms with Gasteiger partial charge in [0.25, 0.3) is 0 Å². The first-order valence-electron chi connectivity index (χ1n) is 7.46. The second-order valence-electron chi connectivity index (χ2n) is 6.99. The number of nitrogen functional groups attached to an aromatic ring is 2. The van der Waals surface area contributed by atoms with Crippen molar-refractivity contribution >= 4 is 11.4 Å². The number of nitrogens with two attached hydrogens (primary N) is 2. The Morgan fingerprint density at radius 1 is 0.895 bits per heavy atom. The molecular weight excluding hydrogens is 236 g/mol. The molecule has 0 spiro atoms. The van der Waals surface area contributed by atoms with Gasteiger partial charge in [0.05, 0.1) is 11.4 Å². The number of rotatable bonds is 2. The van der Waals surface area contributed by atoms with Gasteiger partial charge in [0.15, 0.2) is 0 Å². The molecule has 4 aliphatic rings. The van der Waals surface area contributed by atoms with E-state index in [-0.39, 0.29) is 5.60 Å². The maximum Gasteiger partial charge on any atom is 0.122 e. The summed E-state index contributed by atoms with van der Waals surface area (Å²) in [6, 6.07) is 5.70. The Morgan fingerprint density at radius 3 is 2.00 bits per heavy atom. The molecule has 19 heavy (non-hydrogen) atoms. The van der Waals surface area contributed by atoms with Crippen LogP contribution in [0.2, 0.25) is 0 Å². The van der Waals surface area contributed by atoms with E-state index in [4.69, 9.17) is 16.2 Å². The minimum Gasteiger partial charge on any atom is -0.487 e. The zero-order chi connectivity index (χ0) is 13.0. The lowest BCUT2D eigenvalue weighted by atomic mass is 9.54. The SMILES string of the molecule is Nc1ccc(OC23CC4CC(CC(C4)C2)C3)cc1N. The highest BCUT2D eigenvalue weighted by Crippen LogP contribution is 2.57. The summed E-state index contributed by atoms with van der Waals surface area (Å²) in [4.78, 5) is 0. The summed E-state index contributed by atoms with van der Waals surface area (Å²) in [6.07, 6.45) is 8.03. The fourth-order valence-corrected chi connectivity index (χ4v) is 5.02. The van der Waals surface area contributed by atoms with Crippen LogP contribution in [0.3, 0.4) is 0 Å². The fraction of sp³-hybridized carbons (Fsp3) is 0.625. The van der Waals surface area contributed by atoms with Crippen LogP contribution in [0.25, 0.3) is 0 Å². The Bertz CT molecular complexity index is 476. The molecule has 5 rings (SSSR count). The van der Waals surface area contributed by atoms with E-state index in [1.54, 1.807) is 0 Å². The molecule has 0 atom stereocenters. The van der Waals surface area contributed by atoms with Gasteiger partial charge in [-0.1, -0.05) is 0 Å². The first-order valence-corrected chi connectivity index (χ1v) is 7.46. The molecule has 3 nitrogen and oxygen atoms in total. The van der Waals surface area contributed by atoms with Crippen LogP contribution in [0.15, 0.2) is 18.2 Å². The summed E-state index contributed by atoms with van der Waals surface area (Å²) in [7, 11) is 0. The van der Waals surface area contributed by atoms with Crippen molar-refractivity contribution in [2.24, 2.45) is 17.8 Å². The standard InChI is InChI=1S/C16H22N2O/c17-14-2-1-13(6-15(14)18)19-16-7-10-3-11(8-16)5-12(4-10)9-16/h1-2,6,10-12H,3-5,7-9,17-18H2. The summed E-state index contributed by atoms with van der Waals surface area (Å²) >= 11 is 0. The van der Waals surface area contributed by atoms with Crippen LogP contribution in [0.5, 0.6) is 5.75 Å². The fourth-order valence-electron chi connectivity index (χ4n) is 5.02. The quantitative estimate of drug-likeness (QED) is 0.801. The second kappa shape index (κ2) is 3.81. The topological polar surface area (TPSA) is 61.3 Å². The van der Waals surface area contributed by atoms with E-state index in [9.17, 15) is 0 Å². The maximum absolute atomic E-state index is 6.41. The summed E-state index contributed by atoms with van der Waals surface area (Å²) in [5.74, 6) is 3.60. The lowest BCUT2D eigenvalue weighted by molar-refractivity contribution is -0.107. The van der Waals surface area contributed by atoms with Crippen LogP contribution in [0.1, 0.15) is 38.5 Å². The summed E-state index contributed by atoms with van der Waals surface area (Å²) in [5, 5.41) is 0. The minimum absolute atomic E-state index is 0.0945. The molecular formula is C16H22N2O. The van der Waals surface area contributed by atoms with Crippen molar-refractivity contribution < 1.29 is 4.74 Å². The lowest BCUT2D eigenvalue weighted by Gasteiger charge is -2.56. The number of hydrogen-bond acceptors (Lipinski definition) is 3. The first kappa shape index (κ1) is 11.4. The highest BCUT2D eigenvalue weighted by Gasteiger charge is 2.52. The predicted octanol–water partition coefficient (Wildman–Crippen LogP) is 3.20. The van der Waals surface area contributed by atoms with Crippen LogP contribution in [0.4, 0.5) is 11.4 Å². The Morgan fingerprint density at radius 2 is 1.47 bits per heavy atom. The third kappa shape index (κ3) is 1.87. The first-order chi connectivity index (χ1) is 9.12. The second-order valence-corrected chi connectivity index (χ2v) is 6.99. The third-order valence-corrected chi connectivity index (χ3v) is 5.37. The molecule has 4 N–H and O–H groups in total. The molecule has 1 aromatic carbocycles. The van der Waals surface area contributed by atoms with Crippen molar-refractivity contribution in [3.63, 3.8) is 0 Å². The number of benzene rings is 1. The van der Waals surface area contributed by atoms with E-state index < -0.39 is 0 Å². The molecule has 1 aromatic rings. The number of ether oxygens (including phenoxy) is 1. The van der Waals surface area contributed by atoms with Crippen LogP contribution >= 0.6 is 0 Å². The molecule has 0 aromatic heterocycles. The molecule has 4 saturated carbocycles. The third-order valence-electron chi connectivity index (χ3n) is 5.37. The zero-order valence-electron chi connectivity index (χ0n) is 11.3. The molecule has 0 aliphatic heterocycles. The van der Waals surface area contributed by atoms with Crippen LogP contribution < -0.4 is 16.2 Å². The van der Waals surface area contributed by atoms with Gasteiger partial charge in [-0.2, -0.15) is 0 Å². The van der Waals surface area contributed by atoms with Gasteiger partial charge >= 0.3 is 0 Å². The number of anilines is 2. The highest BCUT2D eigenvalue weighted by molar-refractivity contribution is 5.65. The van der Waals surface area contributed by atoms with Gasteiger partial charge in [0.1, 0.15) is 11.4 Å². The van der Waals surface area contributed by atoms with Gasteiger partial charge in [0, 0.05) is 6.07 Å². The van der Waals surface area contributed by atoms with Crippen molar-refractivity contribution in [1.29, 1.82) is 0 Å². The molecule has 0 saturated heterocycles. The van der Waals surface area contributed by atoms with Gasteiger partial charge in [0.2, 0.25) is 0 Å². The summed E-state index contributed by atoms with van der Waals surface area (Å²) in [5.41, 5.74) is 13.0. The molecule has 4 fully saturated rings. The molecule has 0 radical (unpaired) electrons. The van der Waals surface area contributed by atoms with Gasteiger partial charge in [-0.05, 0) is 68.4 Å². The van der Waals surface area contributed by atoms with Crippen molar-refractivity contribution in [3.05, 3.63) is 18.2 Å². The Kier molecular flexibility index (Phi) is 2.30. The van der Waals surface area contributed by atoms with Crippen molar-refractivity contribution in [1.82, 2.24) is 0 Å². The lowest BCUT2D eigenvalue weighted by Crippen LogP contribution is -2.53. The minimum atomic E-state index is 0.0945. The van der Waals surface area contributed by atoms with Crippen molar-refractivity contribution in [2.45, 2.75) is 44.1 Å². The van der Waals surface area contributed by atoms with E-state index in [1.807, 2.05) is 18.2 Å². The molecule has 102 valence electrons. The Hall–Kier alpha value is -1.38. The molecule has 4 bridgehead atoms. The average Bonchev–Trinajstić information content (AvgIpc) is 2.31. The normalized spacial score (nSPS) is 39.5. The van der Waals surface area contributed by atoms with Gasteiger partial charge in [-0.3, -0.25) is 0 Å². The van der Waals surface area contributed by atoms with Gasteiger partial charge < -0.3 is 16.2 Å². The molecule has 0 unspecified atom stereocenters. The number of hydrogen-bond donors (Lipinski definition) is 2. The largest absolute Gasteiger partial charge is 0.487 e. The van der Waals surface area contributed by atoms with Crippen LogP contribution in [-0.2, 0) is 0 Å². The van der Waals surface area contributed by atoms with E-state index in [0.717, 1.165) is 23.5 Å². The molecule has 0 amide bonds. The van der Waals surface area contributed by atoms with E-state index in [2.05, 4.69) is 0 Å².